The van der Waals surface area contributed by atoms with Crippen molar-refractivity contribution >= 4 is 27.5 Å². The first-order valence-electron chi connectivity index (χ1n) is 8.04. The highest BCUT2D eigenvalue weighted by molar-refractivity contribution is 9.10. The fourth-order valence-corrected chi connectivity index (χ4v) is 5.97. The summed E-state index contributed by atoms with van der Waals surface area (Å²) in [5.74, 6) is 0.740. The first kappa shape index (κ1) is 13.5. The van der Waals surface area contributed by atoms with Crippen LogP contribution >= 0.6 is 15.9 Å². The highest BCUT2D eigenvalue weighted by atomic mass is 79.9. The molecule has 0 radical (unpaired) electrons. The molecule has 7 atom stereocenters. The van der Waals surface area contributed by atoms with Crippen molar-refractivity contribution in [1.29, 1.82) is 0 Å². The third kappa shape index (κ3) is 1.31. The summed E-state index contributed by atoms with van der Waals surface area (Å²) in [4.78, 5) is 15.0. The Morgan fingerprint density at radius 2 is 2.09 bits per heavy atom. The quantitative estimate of drug-likeness (QED) is 0.878. The summed E-state index contributed by atoms with van der Waals surface area (Å²) in [7, 11) is 0. The Morgan fingerprint density at radius 3 is 2.77 bits per heavy atom. The average Bonchev–Trinajstić information content (AvgIpc) is 3.17. The molecular weight excluding hydrogens is 346 g/mol. The number of benzene rings is 1. The average molecular weight is 364 g/mol. The van der Waals surface area contributed by atoms with Gasteiger partial charge in [0, 0.05) is 16.1 Å². The number of fused-ring (bicyclic) bond motifs is 2. The van der Waals surface area contributed by atoms with E-state index in [-0.39, 0.29) is 29.8 Å². The van der Waals surface area contributed by atoms with Crippen molar-refractivity contribution in [3.05, 3.63) is 28.7 Å². The number of carbonyl (C=O) groups excluding carboxylic acids is 1. The number of anilines is 1. The molecule has 5 rings (SSSR count). The maximum absolute atomic E-state index is 13.1. The summed E-state index contributed by atoms with van der Waals surface area (Å²) in [5, 5.41) is 10.4. The lowest BCUT2D eigenvalue weighted by Gasteiger charge is -2.38. The van der Waals surface area contributed by atoms with Gasteiger partial charge in [-0.15, -0.1) is 0 Å². The standard InChI is InChI=1S/C17H18BrNO3/c1-2-17-13-11-7-10(14(20)15(11)22-17)12(13)16(21)19(17)9-5-3-8(18)4-6-9/h3-6,10-15,20H,2,7H2,1H3/t10-,11-,12+,13-,14+,15-,17-/m0/s1. The van der Waals surface area contributed by atoms with Crippen LogP contribution in [0.15, 0.2) is 28.7 Å². The zero-order chi connectivity index (χ0) is 15.2. The van der Waals surface area contributed by atoms with Gasteiger partial charge in [-0.2, -0.15) is 0 Å². The van der Waals surface area contributed by atoms with Gasteiger partial charge in [0.05, 0.1) is 18.1 Å². The van der Waals surface area contributed by atoms with Crippen LogP contribution in [0.1, 0.15) is 19.8 Å². The molecule has 1 N–H and O–H groups in total. The zero-order valence-electron chi connectivity index (χ0n) is 12.3. The Labute approximate surface area is 137 Å². The highest BCUT2D eigenvalue weighted by Gasteiger charge is 2.77. The van der Waals surface area contributed by atoms with Gasteiger partial charge in [0.25, 0.3) is 0 Å². The maximum atomic E-state index is 13.1. The molecule has 1 amide bonds. The molecule has 2 saturated heterocycles. The van der Waals surface area contributed by atoms with Crippen molar-refractivity contribution in [2.75, 3.05) is 4.90 Å². The number of ether oxygens (including phenoxy) is 1. The molecule has 1 aromatic rings. The van der Waals surface area contributed by atoms with Gasteiger partial charge in [-0.1, -0.05) is 22.9 Å². The van der Waals surface area contributed by atoms with Gasteiger partial charge in [-0.3, -0.25) is 9.69 Å². The zero-order valence-corrected chi connectivity index (χ0v) is 13.9. The number of amides is 1. The largest absolute Gasteiger partial charge is 0.390 e. The summed E-state index contributed by atoms with van der Waals surface area (Å²) in [5.41, 5.74) is 0.343. The van der Waals surface area contributed by atoms with Gasteiger partial charge in [-0.25, -0.2) is 0 Å². The molecule has 1 aromatic carbocycles. The van der Waals surface area contributed by atoms with Crippen molar-refractivity contribution in [1.82, 2.24) is 0 Å². The van der Waals surface area contributed by atoms with Crippen molar-refractivity contribution in [3.63, 3.8) is 0 Å². The molecule has 5 heteroatoms. The van der Waals surface area contributed by atoms with E-state index in [1.54, 1.807) is 0 Å². The van der Waals surface area contributed by atoms with Crippen LogP contribution in [0.4, 0.5) is 5.69 Å². The topological polar surface area (TPSA) is 49.8 Å². The molecular formula is C17H18BrNO3. The SMILES string of the molecule is CC[C@]12O[C@@H]3[C@H](O)[C@H]4C[C@H]3[C@H]1[C@@H]4C(=O)N2c1ccc(Br)cc1. The predicted octanol–water partition coefficient (Wildman–Crippen LogP) is 2.54. The Balaban J connectivity index is 1.66. The summed E-state index contributed by atoms with van der Waals surface area (Å²) >= 11 is 3.45. The number of halogens is 1. The molecule has 2 heterocycles. The van der Waals surface area contributed by atoms with E-state index in [2.05, 4.69) is 22.9 Å². The van der Waals surface area contributed by atoms with Crippen LogP contribution in [0.3, 0.4) is 0 Å². The number of nitrogens with zero attached hydrogens (tertiary/aromatic N) is 1. The molecule has 2 aliphatic heterocycles. The van der Waals surface area contributed by atoms with E-state index in [9.17, 15) is 9.90 Å². The minimum absolute atomic E-state index is 0.0673. The third-order valence-electron chi connectivity index (χ3n) is 6.39. The van der Waals surface area contributed by atoms with E-state index in [0.29, 0.717) is 5.92 Å². The fourth-order valence-electron chi connectivity index (χ4n) is 5.70. The van der Waals surface area contributed by atoms with Crippen molar-refractivity contribution in [2.45, 2.75) is 37.7 Å². The van der Waals surface area contributed by atoms with Crippen molar-refractivity contribution < 1.29 is 14.6 Å². The van der Waals surface area contributed by atoms with E-state index in [0.717, 1.165) is 23.0 Å². The summed E-state index contributed by atoms with van der Waals surface area (Å²) in [6.07, 6.45) is 1.17. The molecule has 0 spiro atoms. The molecule has 2 aliphatic carbocycles. The Bertz CT molecular complexity index is 662. The lowest BCUT2D eigenvalue weighted by atomic mass is 9.76. The minimum atomic E-state index is -0.558. The Hall–Kier alpha value is -0.910. The second-order valence-corrected chi connectivity index (χ2v) is 7.95. The van der Waals surface area contributed by atoms with Crippen molar-refractivity contribution in [2.24, 2.45) is 23.7 Å². The van der Waals surface area contributed by atoms with Gasteiger partial charge in [-0.05, 0) is 48.9 Å². The van der Waals surface area contributed by atoms with Crippen LogP contribution in [-0.4, -0.2) is 28.9 Å². The van der Waals surface area contributed by atoms with E-state index >= 15 is 0 Å². The van der Waals surface area contributed by atoms with Gasteiger partial charge in [0.15, 0.2) is 5.72 Å². The fraction of sp³-hybridized carbons (Fsp3) is 0.588. The molecule has 4 nitrogen and oxygen atoms in total. The number of aliphatic hydroxyl groups excluding tert-OH is 1. The first-order chi connectivity index (χ1) is 10.6. The van der Waals surface area contributed by atoms with Crippen LogP contribution in [0.5, 0.6) is 0 Å². The second kappa shape index (κ2) is 4.13. The van der Waals surface area contributed by atoms with E-state index in [1.165, 1.54) is 0 Å². The first-order valence-corrected chi connectivity index (χ1v) is 8.83. The summed E-state index contributed by atoms with van der Waals surface area (Å²) in [6.45, 7) is 2.09. The lowest BCUT2D eigenvalue weighted by molar-refractivity contribution is -0.133. The molecule has 2 saturated carbocycles. The van der Waals surface area contributed by atoms with Crippen LogP contribution < -0.4 is 4.90 Å². The molecule has 2 bridgehead atoms. The Kier molecular flexibility index (Phi) is 2.54. The van der Waals surface area contributed by atoms with Crippen LogP contribution in [0, 0.1) is 23.7 Å². The third-order valence-corrected chi connectivity index (χ3v) is 6.92. The van der Waals surface area contributed by atoms with Gasteiger partial charge in [0.2, 0.25) is 5.91 Å². The molecule has 116 valence electrons. The minimum Gasteiger partial charge on any atom is -0.390 e. The second-order valence-electron chi connectivity index (χ2n) is 7.04. The predicted molar refractivity (Wildman–Crippen MR) is 84.1 cm³/mol. The van der Waals surface area contributed by atoms with Gasteiger partial charge in [0.1, 0.15) is 0 Å². The Morgan fingerprint density at radius 1 is 1.36 bits per heavy atom. The number of hydrogen-bond donors (Lipinski definition) is 1. The normalized spacial score (nSPS) is 47.8. The smallest absolute Gasteiger partial charge is 0.233 e. The molecule has 0 aromatic heterocycles. The van der Waals surface area contributed by atoms with Crippen molar-refractivity contribution in [3.8, 4) is 0 Å². The highest BCUT2D eigenvalue weighted by Crippen LogP contribution is 2.68. The van der Waals surface area contributed by atoms with Gasteiger partial charge < -0.3 is 9.84 Å². The molecule has 4 fully saturated rings. The van der Waals surface area contributed by atoms with E-state index in [1.807, 2.05) is 29.2 Å². The molecule has 4 aliphatic rings. The number of rotatable bonds is 2. The number of aliphatic hydroxyl groups is 1. The lowest BCUT2D eigenvalue weighted by Crippen LogP contribution is -2.50. The molecule has 0 unspecified atom stereocenters. The van der Waals surface area contributed by atoms with Crippen LogP contribution in [0.2, 0.25) is 0 Å². The summed E-state index contributed by atoms with van der Waals surface area (Å²) < 4.78 is 7.39. The monoisotopic (exact) mass is 363 g/mol. The maximum Gasteiger partial charge on any atom is 0.233 e. The van der Waals surface area contributed by atoms with Crippen LogP contribution in [0.25, 0.3) is 0 Å². The number of carbonyl (C=O) groups is 1. The van der Waals surface area contributed by atoms with E-state index < -0.39 is 11.8 Å². The van der Waals surface area contributed by atoms with E-state index in [4.69, 9.17) is 4.74 Å². The van der Waals surface area contributed by atoms with Gasteiger partial charge >= 0.3 is 0 Å². The van der Waals surface area contributed by atoms with Crippen LogP contribution in [-0.2, 0) is 9.53 Å². The summed E-state index contributed by atoms with van der Waals surface area (Å²) in [6, 6.07) is 7.86. The molecule has 22 heavy (non-hydrogen) atoms. The number of hydrogen-bond acceptors (Lipinski definition) is 3.